The van der Waals surface area contributed by atoms with E-state index in [2.05, 4.69) is 41.5 Å². The lowest BCUT2D eigenvalue weighted by Crippen LogP contribution is -2.30. The van der Waals surface area contributed by atoms with E-state index in [1.807, 2.05) is 0 Å². The first-order chi connectivity index (χ1) is 48.9. The largest absolute Gasteiger partial charge is 0.472 e. The summed E-state index contributed by atoms with van der Waals surface area (Å²) in [4.78, 5) is 72.9. The average molecular weight is 1480 g/mol. The quantitative estimate of drug-likeness (QED) is 0.0222. The van der Waals surface area contributed by atoms with E-state index in [1.165, 1.54) is 238 Å². The second-order valence-corrected chi connectivity index (χ2v) is 33.4. The van der Waals surface area contributed by atoms with Crippen molar-refractivity contribution in [2.24, 2.45) is 11.8 Å². The molecule has 0 spiro atoms. The monoisotopic (exact) mass is 1480 g/mol. The van der Waals surface area contributed by atoms with Gasteiger partial charge in [-0.1, -0.05) is 382 Å². The second-order valence-electron chi connectivity index (χ2n) is 30.5. The third-order valence-corrected chi connectivity index (χ3v) is 21.1. The molecule has 5 atom stereocenters. The highest BCUT2D eigenvalue weighted by molar-refractivity contribution is 7.47. The summed E-state index contributed by atoms with van der Waals surface area (Å²) in [7, 11) is -9.92. The van der Waals surface area contributed by atoms with Crippen LogP contribution in [-0.2, 0) is 65.4 Å². The van der Waals surface area contributed by atoms with E-state index < -0.39 is 97.5 Å². The molecular formula is C82H160O17P2. The van der Waals surface area contributed by atoms with Crippen LogP contribution in [-0.4, -0.2) is 96.7 Å². The molecule has 0 saturated heterocycles. The zero-order valence-electron chi connectivity index (χ0n) is 66.2. The van der Waals surface area contributed by atoms with Crippen LogP contribution >= 0.6 is 15.6 Å². The lowest BCUT2D eigenvalue weighted by Gasteiger charge is -2.21. The van der Waals surface area contributed by atoms with Crippen LogP contribution in [0.15, 0.2) is 0 Å². The Hall–Kier alpha value is -1.94. The summed E-state index contributed by atoms with van der Waals surface area (Å²) >= 11 is 0. The van der Waals surface area contributed by atoms with E-state index in [0.717, 1.165) is 115 Å². The predicted octanol–water partition coefficient (Wildman–Crippen LogP) is 24.7. The van der Waals surface area contributed by atoms with Crippen LogP contribution < -0.4 is 0 Å². The maximum Gasteiger partial charge on any atom is 0.472 e. The molecule has 0 heterocycles. The smallest absolute Gasteiger partial charge is 0.462 e. The average Bonchev–Trinajstić information content (AvgIpc) is 0.976. The summed E-state index contributed by atoms with van der Waals surface area (Å²) in [5.41, 5.74) is 0. The summed E-state index contributed by atoms with van der Waals surface area (Å²) in [6, 6.07) is 0. The Bertz CT molecular complexity index is 1940. The molecule has 0 aliphatic carbocycles. The molecule has 3 N–H and O–H groups in total. The van der Waals surface area contributed by atoms with E-state index in [-0.39, 0.29) is 25.7 Å². The van der Waals surface area contributed by atoms with E-state index >= 15 is 0 Å². The van der Waals surface area contributed by atoms with Crippen LogP contribution in [0.25, 0.3) is 0 Å². The zero-order chi connectivity index (χ0) is 74.2. The number of carbonyl (C=O) groups is 4. The molecule has 2 unspecified atom stereocenters. The van der Waals surface area contributed by atoms with Crippen molar-refractivity contribution in [2.75, 3.05) is 39.6 Å². The molecule has 0 amide bonds. The Morgan fingerprint density at radius 3 is 0.673 bits per heavy atom. The van der Waals surface area contributed by atoms with Crippen LogP contribution in [0.2, 0.25) is 0 Å². The van der Waals surface area contributed by atoms with E-state index in [0.29, 0.717) is 25.7 Å². The number of hydrogen-bond acceptors (Lipinski definition) is 15. The number of ether oxygens (including phenoxy) is 4. The number of phosphoric acid groups is 2. The molecule has 0 rings (SSSR count). The van der Waals surface area contributed by atoms with Crippen LogP contribution in [0.1, 0.15) is 433 Å². The normalized spacial score (nSPS) is 13.9. The van der Waals surface area contributed by atoms with Gasteiger partial charge in [-0.3, -0.25) is 37.3 Å². The first kappa shape index (κ1) is 99.1. The number of phosphoric ester groups is 2. The molecule has 0 bridgehead atoms. The van der Waals surface area contributed by atoms with Gasteiger partial charge in [-0.2, -0.15) is 0 Å². The van der Waals surface area contributed by atoms with Gasteiger partial charge in [0.25, 0.3) is 0 Å². The first-order valence-electron chi connectivity index (χ1n) is 42.5. The lowest BCUT2D eigenvalue weighted by atomic mass is 10.0. The fourth-order valence-electron chi connectivity index (χ4n) is 12.7. The van der Waals surface area contributed by atoms with Gasteiger partial charge in [0.1, 0.15) is 19.3 Å². The van der Waals surface area contributed by atoms with E-state index in [9.17, 15) is 43.2 Å². The van der Waals surface area contributed by atoms with Gasteiger partial charge >= 0.3 is 39.5 Å². The second kappa shape index (κ2) is 73.6. The van der Waals surface area contributed by atoms with Crippen molar-refractivity contribution < 1.29 is 80.2 Å². The summed E-state index contributed by atoms with van der Waals surface area (Å²) in [5.74, 6) is -0.502. The van der Waals surface area contributed by atoms with Crippen molar-refractivity contribution in [1.29, 1.82) is 0 Å². The molecule has 0 fully saturated rings. The number of unbranched alkanes of at least 4 members (excludes halogenated alkanes) is 51. The number of aliphatic hydroxyl groups excluding tert-OH is 1. The maximum atomic E-state index is 13.1. The number of rotatable bonds is 81. The minimum absolute atomic E-state index is 0.108. The molecule has 0 saturated carbocycles. The highest BCUT2D eigenvalue weighted by atomic mass is 31.2. The van der Waals surface area contributed by atoms with E-state index in [1.54, 1.807) is 0 Å². The minimum atomic E-state index is -4.96. The Labute approximate surface area is 619 Å². The van der Waals surface area contributed by atoms with Crippen LogP contribution in [0.4, 0.5) is 0 Å². The van der Waals surface area contributed by atoms with Crippen molar-refractivity contribution >= 4 is 39.5 Å². The van der Waals surface area contributed by atoms with Crippen molar-refractivity contribution in [3.05, 3.63) is 0 Å². The molecule has 0 aromatic rings. The Kier molecular flexibility index (Phi) is 72.2. The molecule has 101 heavy (non-hydrogen) atoms. The van der Waals surface area contributed by atoms with Crippen LogP contribution in [0.5, 0.6) is 0 Å². The van der Waals surface area contributed by atoms with Crippen LogP contribution in [0.3, 0.4) is 0 Å². The standard InChI is InChI=1S/C82H160O17P2/c1-7-9-11-13-15-16-17-18-19-20-21-26-32-37-42-48-54-60-66-81(86)98-77(70-92-79(84)64-58-52-44-14-12-10-8-2)72-96-100(88,89)94-68-76(83)69-95-101(90,91)97-73-78(99-82(87)67-61-55-49-43-38-33-28-23-25-30-35-40-46-51-57-63-75(5)6)71-93-80(85)65-59-53-47-41-36-31-27-22-24-29-34-39-45-50-56-62-74(3)4/h74-78,83H,7-73H2,1-6H3,(H,88,89)(H,90,91)/t76-,77+,78+/m0/s1. The van der Waals surface area contributed by atoms with Gasteiger partial charge in [-0.15, -0.1) is 0 Å². The molecule has 17 nitrogen and oxygen atoms in total. The highest BCUT2D eigenvalue weighted by Gasteiger charge is 2.30. The number of hydrogen-bond donors (Lipinski definition) is 3. The van der Waals surface area contributed by atoms with Gasteiger partial charge in [-0.05, 0) is 37.5 Å². The third-order valence-electron chi connectivity index (χ3n) is 19.2. The number of aliphatic hydroxyl groups is 1. The lowest BCUT2D eigenvalue weighted by molar-refractivity contribution is -0.161. The molecule has 0 aromatic carbocycles. The summed E-state index contributed by atoms with van der Waals surface area (Å²) in [6.07, 6.45) is 64.0. The Morgan fingerprint density at radius 2 is 0.455 bits per heavy atom. The predicted molar refractivity (Wildman–Crippen MR) is 414 cm³/mol. The molecule has 0 aromatic heterocycles. The van der Waals surface area contributed by atoms with Gasteiger partial charge in [0.15, 0.2) is 12.2 Å². The fourth-order valence-corrected chi connectivity index (χ4v) is 14.3. The Morgan fingerprint density at radius 1 is 0.267 bits per heavy atom. The van der Waals surface area contributed by atoms with Crippen molar-refractivity contribution in [1.82, 2.24) is 0 Å². The number of esters is 4. The highest BCUT2D eigenvalue weighted by Crippen LogP contribution is 2.45. The van der Waals surface area contributed by atoms with Gasteiger partial charge in [0.05, 0.1) is 26.4 Å². The summed E-state index contributed by atoms with van der Waals surface area (Å²) < 4.78 is 68.7. The van der Waals surface area contributed by atoms with Crippen LogP contribution in [0, 0.1) is 11.8 Å². The first-order valence-corrected chi connectivity index (χ1v) is 45.5. The Balaban J connectivity index is 5.17. The van der Waals surface area contributed by atoms with E-state index in [4.69, 9.17) is 37.0 Å². The fraction of sp³-hybridized carbons (Fsp3) is 0.951. The summed E-state index contributed by atoms with van der Waals surface area (Å²) in [6.45, 7) is 9.66. The van der Waals surface area contributed by atoms with Gasteiger partial charge in [0.2, 0.25) is 0 Å². The molecule has 19 heteroatoms. The SMILES string of the molecule is CCCCCCCCCCCCCCCCCCCCC(=O)O[C@H](COC(=O)CCCCCCCCC)COP(=O)(O)OC[C@H](O)COP(=O)(O)OC[C@@H](COC(=O)CCCCCCCCCCCCCCCCCC(C)C)OC(=O)CCCCCCCCCCCCCCCCCC(C)C. The van der Waals surface area contributed by atoms with Gasteiger partial charge < -0.3 is 33.8 Å². The molecular weight excluding hydrogens is 1320 g/mol. The van der Waals surface area contributed by atoms with Crippen molar-refractivity contribution in [3.63, 3.8) is 0 Å². The number of carbonyl (C=O) groups excluding carboxylic acids is 4. The molecule has 0 aliphatic heterocycles. The molecule has 600 valence electrons. The third kappa shape index (κ3) is 76.1. The van der Waals surface area contributed by atoms with Gasteiger partial charge in [-0.25, -0.2) is 9.13 Å². The van der Waals surface area contributed by atoms with Gasteiger partial charge in [0, 0.05) is 25.7 Å². The summed E-state index contributed by atoms with van der Waals surface area (Å²) in [5, 5.41) is 10.6. The van der Waals surface area contributed by atoms with Crippen molar-refractivity contribution in [3.8, 4) is 0 Å². The topological polar surface area (TPSA) is 237 Å². The minimum Gasteiger partial charge on any atom is -0.462 e. The maximum absolute atomic E-state index is 13.1. The molecule has 0 aliphatic rings. The van der Waals surface area contributed by atoms with Crippen molar-refractivity contribution in [2.45, 2.75) is 452 Å². The zero-order valence-corrected chi connectivity index (χ0v) is 68.0. The molecule has 0 radical (unpaired) electrons.